The molecule has 2 aliphatic carbocycles. The number of carbonyl (C=O) groups is 1. The maximum Gasteiger partial charge on any atom is 0.316 e. The number of ether oxygens (including phenoxy) is 1. The smallest absolute Gasteiger partial charge is 0.316 e. The number of fused-ring (bicyclic) bond motifs is 1. The first-order chi connectivity index (χ1) is 8.15. The lowest BCUT2D eigenvalue weighted by Crippen LogP contribution is -2.35. The Balaban J connectivity index is 2.02. The lowest BCUT2D eigenvalue weighted by atomic mass is 9.77. The van der Waals surface area contributed by atoms with Crippen LogP contribution in [0.4, 0.5) is 0 Å². The molecule has 3 rings (SSSR count). The number of hydrogen-bond donors (Lipinski definition) is 0. The molecule has 1 heterocycles. The largest absolute Gasteiger partial charge is 0.468 e. The molecule has 90 valence electrons. The van der Waals surface area contributed by atoms with Crippen LogP contribution in [0.25, 0.3) is 0 Å². The molecule has 17 heavy (non-hydrogen) atoms. The molecule has 0 spiro atoms. The van der Waals surface area contributed by atoms with Crippen LogP contribution in [0.2, 0.25) is 0 Å². The molecule has 0 bridgehead atoms. The summed E-state index contributed by atoms with van der Waals surface area (Å²) in [6, 6.07) is 3.88. The van der Waals surface area contributed by atoms with Gasteiger partial charge in [-0.3, -0.25) is 4.79 Å². The predicted molar refractivity (Wildman–Crippen MR) is 66.5 cm³/mol. The van der Waals surface area contributed by atoms with Gasteiger partial charge in [0.25, 0.3) is 0 Å². The second kappa shape index (κ2) is 3.80. The van der Waals surface area contributed by atoms with Crippen molar-refractivity contribution in [1.29, 1.82) is 0 Å². The Kier molecular flexibility index (Phi) is 2.51. The summed E-state index contributed by atoms with van der Waals surface area (Å²) in [6.07, 6.45) is 4.89. The highest BCUT2D eigenvalue weighted by Crippen LogP contribution is 2.60. The Morgan fingerprint density at radius 3 is 2.82 bits per heavy atom. The Morgan fingerprint density at radius 2 is 2.24 bits per heavy atom. The Bertz CT molecular complexity index is 464. The van der Waals surface area contributed by atoms with Crippen molar-refractivity contribution in [3.63, 3.8) is 0 Å². The lowest BCUT2D eigenvalue weighted by Gasteiger charge is -2.28. The predicted octanol–water partition coefficient (Wildman–Crippen LogP) is 2.68. The third-order valence-electron chi connectivity index (χ3n) is 4.15. The molecular formula is C13H14BrNO2. The van der Waals surface area contributed by atoms with Gasteiger partial charge in [0.15, 0.2) is 0 Å². The molecule has 2 aliphatic rings. The van der Waals surface area contributed by atoms with Crippen LogP contribution in [-0.2, 0) is 14.9 Å². The fourth-order valence-corrected chi connectivity index (χ4v) is 3.57. The van der Waals surface area contributed by atoms with Crippen molar-refractivity contribution in [2.24, 2.45) is 11.8 Å². The summed E-state index contributed by atoms with van der Waals surface area (Å²) in [7, 11) is 1.48. The van der Waals surface area contributed by atoms with Crippen molar-refractivity contribution in [3.05, 3.63) is 28.5 Å². The highest BCUT2D eigenvalue weighted by Gasteiger charge is 2.58. The zero-order valence-electron chi connectivity index (χ0n) is 9.65. The third kappa shape index (κ3) is 1.69. The summed E-state index contributed by atoms with van der Waals surface area (Å²) in [5.41, 5.74) is 0.617. The van der Waals surface area contributed by atoms with Gasteiger partial charge in [-0.25, -0.2) is 4.98 Å². The van der Waals surface area contributed by atoms with Gasteiger partial charge < -0.3 is 4.74 Å². The molecule has 0 saturated heterocycles. The van der Waals surface area contributed by atoms with Gasteiger partial charge in [0.2, 0.25) is 0 Å². The molecule has 0 aliphatic heterocycles. The van der Waals surface area contributed by atoms with Crippen molar-refractivity contribution in [2.45, 2.75) is 24.7 Å². The minimum atomic E-state index is -0.423. The highest BCUT2D eigenvalue weighted by atomic mass is 79.9. The number of halogens is 1. The maximum absolute atomic E-state index is 12.2. The number of rotatable bonds is 2. The summed E-state index contributed by atoms with van der Waals surface area (Å²) >= 11 is 3.37. The molecular weight excluding hydrogens is 282 g/mol. The SMILES string of the molecule is COC(=O)C1(c2ccnc(Br)c2)CC2CC2C1. The van der Waals surface area contributed by atoms with Crippen molar-refractivity contribution >= 4 is 21.9 Å². The standard InChI is InChI=1S/C13H14BrNO2/c1-17-12(16)13(6-8-4-9(8)7-13)10-2-3-15-11(14)5-10/h2-3,5,8-9H,4,6-7H2,1H3. The average Bonchev–Trinajstić information content (AvgIpc) is 2.95. The van der Waals surface area contributed by atoms with Gasteiger partial charge in [0.1, 0.15) is 4.60 Å². The van der Waals surface area contributed by atoms with Crippen LogP contribution in [0.1, 0.15) is 24.8 Å². The molecule has 2 fully saturated rings. The summed E-state index contributed by atoms with van der Waals surface area (Å²) in [5.74, 6) is 1.35. The van der Waals surface area contributed by atoms with E-state index in [1.54, 1.807) is 6.20 Å². The molecule has 0 amide bonds. The highest BCUT2D eigenvalue weighted by molar-refractivity contribution is 9.10. The number of methoxy groups -OCH3 is 1. The van der Waals surface area contributed by atoms with Crippen molar-refractivity contribution in [2.75, 3.05) is 7.11 Å². The van der Waals surface area contributed by atoms with Gasteiger partial charge in [0, 0.05) is 6.20 Å². The first kappa shape index (κ1) is 11.2. The summed E-state index contributed by atoms with van der Waals surface area (Å²) < 4.78 is 5.80. The normalized spacial score (nSPS) is 34.2. The molecule has 4 heteroatoms. The van der Waals surface area contributed by atoms with E-state index in [9.17, 15) is 4.79 Å². The lowest BCUT2D eigenvalue weighted by molar-refractivity contribution is -0.147. The van der Waals surface area contributed by atoms with Crippen LogP contribution < -0.4 is 0 Å². The van der Waals surface area contributed by atoms with E-state index in [4.69, 9.17) is 4.74 Å². The maximum atomic E-state index is 12.2. The van der Waals surface area contributed by atoms with E-state index in [0.29, 0.717) is 0 Å². The van der Waals surface area contributed by atoms with Crippen LogP contribution in [0.15, 0.2) is 22.9 Å². The number of hydrogen-bond acceptors (Lipinski definition) is 3. The Morgan fingerprint density at radius 1 is 1.53 bits per heavy atom. The van der Waals surface area contributed by atoms with Gasteiger partial charge in [0.05, 0.1) is 12.5 Å². The number of esters is 1. The Labute approximate surface area is 109 Å². The van der Waals surface area contributed by atoms with E-state index < -0.39 is 5.41 Å². The fraction of sp³-hybridized carbons (Fsp3) is 0.538. The van der Waals surface area contributed by atoms with E-state index >= 15 is 0 Å². The molecule has 1 aromatic rings. The third-order valence-corrected chi connectivity index (χ3v) is 4.58. The molecule has 2 atom stereocenters. The number of pyridine rings is 1. The van der Waals surface area contributed by atoms with Crippen LogP contribution >= 0.6 is 15.9 Å². The fourth-order valence-electron chi connectivity index (χ4n) is 3.20. The van der Waals surface area contributed by atoms with Crippen molar-refractivity contribution in [3.8, 4) is 0 Å². The second-order valence-electron chi connectivity index (χ2n) is 5.11. The second-order valence-corrected chi connectivity index (χ2v) is 5.92. The van der Waals surface area contributed by atoms with Crippen LogP contribution in [0.5, 0.6) is 0 Å². The summed E-state index contributed by atoms with van der Waals surface area (Å²) in [6.45, 7) is 0. The summed E-state index contributed by atoms with van der Waals surface area (Å²) in [4.78, 5) is 16.3. The molecule has 0 N–H and O–H groups in total. The minimum Gasteiger partial charge on any atom is -0.468 e. The zero-order valence-corrected chi connectivity index (χ0v) is 11.2. The first-order valence-electron chi connectivity index (χ1n) is 5.86. The Hall–Kier alpha value is -0.900. The zero-order chi connectivity index (χ0) is 12.0. The van der Waals surface area contributed by atoms with Crippen LogP contribution in [-0.4, -0.2) is 18.1 Å². The quantitative estimate of drug-likeness (QED) is 0.622. The average molecular weight is 296 g/mol. The van der Waals surface area contributed by atoms with E-state index in [0.717, 1.165) is 34.8 Å². The van der Waals surface area contributed by atoms with Gasteiger partial charge in [-0.2, -0.15) is 0 Å². The summed E-state index contributed by atoms with van der Waals surface area (Å²) in [5, 5.41) is 0. The number of nitrogens with zero attached hydrogens (tertiary/aromatic N) is 1. The molecule has 3 nitrogen and oxygen atoms in total. The molecule has 0 radical (unpaired) electrons. The molecule has 1 aromatic heterocycles. The topological polar surface area (TPSA) is 39.2 Å². The van der Waals surface area contributed by atoms with Crippen LogP contribution in [0, 0.1) is 11.8 Å². The van der Waals surface area contributed by atoms with Gasteiger partial charge in [-0.1, -0.05) is 0 Å². The van der Waals surface area contributed by atoms with E-state index in [1.807, 2.05) is 12.1 Å². The van der Waals surface area contributed by atoms with Crippen molar-refractivity contribution < 1.29 is 9.53 Å². The van der Waals surface area contributed by atoms with E-state index in [-0.39, 0.29) is 5.97 Å². The number of carbonyl (C=O) groups excluding carboxylic acids is 1. The van der Waals surface area contributed by atoms with Crippen molar-refractivity contribution in [1.82, 2.24) is 4.98 Å². The number of aromatic nitrogens is 1. The van der Waals surface area contributed by atoms with Crippen LogP contribution in [0.3, 0.4) is 0 Å². The van der Waals surface area contributed by atoms with Gasteiger partial charge >= 0.3 is 5.97 Å². The molecule has 0 aromatic carbocycles. The van der Waals surface area contributed by atoms with E-state index in [1.165, 1.54) is 13.5 Å². The minimum absolute atomic E-state index is 0.0946. The first-order valence-corrected chi connectivity index (χ1v) is 6.65. The monoisotopic (exact) mass is 295 g/mol. The molecule has 2 saturated carbocycles. The van der Waals surface area contributed by atoms with E-state index in [2.05, 4.69) is 20.9 Å². The molecule has 2 unspecified atom stereocenters. The van der Waals surface area contributed by atoms with Gasteiger partial charge in [-0.05, 0) is 64.7 Å². The van der Waals surface area contributed by atoms with Gasteiger partial charge in [-0.15, -0.1) is 0 Å².